The molecule has 3 amide bonds. The number of aliphatic carboxylic acids is 1. The molecular formula is C13H22N2O6. The smallest absolute Gasteiger partial charge is 0.325 e. The maximum absolute atomic E-state index is 11.9. The maximum Gasteiger partial charge on any atom is 0.325 e. The number of carbonyl (C=O) groups is 4. The predicted octanol–water partition coefficient (Wildman–Crippen LogP) is 0.608. The standard InChI is InChI=1S/C13H22N2O6/c1-4-5-15(8-12(19)21-3)13(20)14-10(16)6-9(2)7-11(17)18/h9H,4-8H2,1-3H3,(H,17,18)(H,14,16,20). The van der Waals surface area contributed by atoms with E-state index in [1.165, 1.54) is 12.0 Å². The van der Waals surface area contributed by atoms with Gasteiger partial charge in [-0.2, -0.15) is 0 Å². The van der Waals surface area contributed by atoms with E-state index in [1.54, 1.807) is 6.92 Å². The SMILES string of the molecule is CCCN(CC(=O)OC)C(=O)NC(=O)CC(C)CC(=O)O. The average Bonchev–Trinajstić information content (AvgIpc) is 2.36. The summed E-state index contributed by atoms with van der Waals surface area (Å²) in [5, 5.41) is 10.8. The molecule has 1 atom stereocenters. The van der Waals surface area contributed by atoms with Crippen molar-refractivity contribution in [3.63, 3.8) is 0 Å². The monoisotopic (exact) mass is 302 g/mol. The van der Waals surface area contributed by atoms with Gasteiger partial charge in [-0.1, -0.05) is 13.8 Å². The van der Waals surface area contributed by atoms with Gasteiger partial charge >= 0.3 is 18.0 Å². The molecular weight excluding hydrogens is 280 g/mol. The van der Waals surface area contributed by atoms with Gasteiger partial charge in [-0.05, 0) is 12.3 Å². The van der Waals surface area contributed by atoms with Gasteiger partial charge in [-0.15, -0.1) is 0 Å². The number of amides is 3. The number of carbonyl (C=O) groups excluding carboxylic acids is 3. The van der Waals surface area contributed by atoms with Crippen LogP contribution in [0.5, 0.6) is 0 Å². The number of imide groups is 1. The molecule has 0 rings (SSSR count). The molecule has 0 radical (unpaired) electrons. The third-order valence-corrected chi connectivity index (χ3v) is 2.63. The molecule has 0 aromatic rings. The highest BCUT2D eigenvalue weighted by Gasteiger charge is 2.20. The molecule has 8 nitrogen and oxygen atoms in total. The number of carboxylic acid groups (broad SMARTS) is 1. The van der Waals surface area contributed by atoms with Crippen molar-refractivity contribution in [3.05, 3.63) is 0 Å². The quantitative estimate of drug-likeness (QED) is 0.635. The molecule has 2 N–H and O–H groups in total. The molecule has 21 heavy (non-hydrogen) atoms. The fourth-order valence-corrected chi connectivity index (χ4v) is 1.68. The number of nitrogens with zero attached hydrogens (tertiary/aromatic N) is 1. The number of hydrogen-bond acceptors (Lipinski definition) is 5. The largest absolute Gasteiger partial charge is 0.481 e. The van der Waals surface area contributed by atoms with Crippen molar-refractivity contribution in [2.75, 3.05) is 20.2 Å². The van der Waals surface area contributed by atoms with Gasteiger partial charge in [0.25, 0.3) is 0 Å². The number of nitrogens with one attached hydrogen (secondary N) is 1. The summed E-state index contributed by atoms with van der Waals surface area (Å²) in [6.07, 6.45) is 0.396. The number of methoxy groups -OCH3 is 1. The second kappa shape index (κ2) is 9.73. The van der Waals surface area contributed by atoms with Gasteiger partial charge in [0.1, 0.15) is 6.54 Å². The van der Waals surface area contributed by atoms with Crippen molar-refractivity contribution < 1.29 is 29.0 Å². The zero-order valence-electron chi connectivity index (χ0n) is 12.5. The molecule has 0 aliphatic rings. The van der Waals surface area contributed by atoms with E-state index in [0.29, 0.717) is 13.0 Å². The Balaban J connectivity index is 4.43. The van der Waals surface area contributed by atoms with Crippen LogP contribution in [0.25, 0.3) is 0 Å². The van der Waals surface area contributed by atoms with Crippen LogP contribution >= 0.6 is 0 Å². The number of ether oxygens (including phenoxy) is 1. The van der Waals surface area contributed by atoms with Crippen LogP contribution in [0.4, 0.5) is 4.79 Å². The summed E-state index contributed by atoms with van der Waals surface area (Å²) in [5.74, 6) is -2.53. The lowest BCUT2D eigenvalue weighted by molar-refractivity contribution is -0.141. The highest BCUT2D eigenvalue weighted by molar-refractivity contribution is 5.95. The lowest BCUT2D eigenvalue weighted by atomic mass is 10.0. The van der Waals surface area contributed by atoms with E-state index in [-0.39, 0.29) is 25.3 Å². The molecule has 0 aromatic carbocycles. The maximum atomic E-state index is 11.9. The molecule has 0 aromatic heterocycles. The van der Waals surface area contributed by atoms with Gasteiger partial charge in [0.05, 0.1) is 7.11 Å². The predicted molar refractivity (Wildman–Crippen MR) is 73.5 cm³/mol. The van der Waals surface area contributed by atoms with Gasteiger partial charge in [-0.3, -0.25) is 19.7 Å². The van der Waals surface area contributed by atoms with Gasteiger partial charge in [0.2, 0.25) is 5.91 Å². The van der Waals surface area contributed by atoms with Crippen molar-refractivity contribution in [2.24, 2.45) is 5.92 Å². The van der Waals surface area contributed by atoms with Crippen LogP contribution in [0.1, 0.15) is 33.1 Å². The Morgan fingerprint density at radius 1 is 1.24 bits per heavy atom. The third kappa shape index (κ3) is 8.61. The Morgan fingerprint density at radius 2 is 1.86 bits per heavy atom. The molecule has 0 fully saturated rings. The van der Waals surface area contributed by atoms with Gasteiger partial charge in [0.15, 0.2) is 0 Å². The number of rotatable bonds is 8. The van der Waals surface area contributed by atoms with E-state index in [4.69, 9.17) is 5.11 Å². The second-order valence-electron chi connectivity index (χ2n) is 4.76. The van der Waals surface area contributed by atoms with Crippen LogP contribution in [-0.2, 0) is 19.1 Å². The number of esters is 1. The molecule has 0 bridgehead atoms. The van der Waals surface area contributed by atoms with Crippen molar-refractivity contribution in [3.8, 4) is 0 Å². The summed E-state index contributed by atoms with van der Waals surface area (Å²) in [7, 11) is 1.21. The molecule has 0 spiro atoms. The van der Waals surface area contributed by atoms with E-state index >= 15 is 0 Å². The van der Waals surface area contributed by atoms with Crippen molar-refractivity contribution in [2.45, 2.75) is 33.1 Å². The van der Waals surface area contributed by atoms with Crippen LogP contribution in [-0.4, -0.2) is 54.1 Å². The van der Waals surface area contributed by atoms with E-state index in [1.807, 2.05) is 6.92 Å². The summed E-state index contributed by atoms with van der Waals surface area (Å²) in [4.78, 5) is 46.4. The molecule has 0 saturated carbocycles. The van der Waals surface area contributed by atoms with Crippen LogP contribution in [0.15, 0.2) is 0 Å². The van der Waals surface area contributed by atoms with Gasteiger partial charge in [-0.25, -0.2) is 4.79 Å². The first-order chi connectivity index (χ1) is 9.79. The Kier molecular flexibility index (Phi) is 8.75. The second-order valence-corrected chi connectivity index (χ2v) is 4.76. The van der Waals surface area contributed by atoms with E-state index < -0.39 is 23.9 Å². The fourth-order valence-electron chi connectivity index (χ4n) is 1.68. The average molecular weight is 302 g/mol. The summed E-state index contributed by atoms with van der Waals surface area (Å²) >= 11 is 0. The number of urea groups is 1. The molecule has 8 heteroatoms. The Bertz CT molecular complexity index is 396. The van der Waals surface area contributed by atoms with Crippen molar-refractivity contribution in [1.82, 2.24) is 10.2 Å². The van der Waals surface area contributed by atoms with Gasteiger partial charge in [0, 0.05) is 19.4 Å². The molecule has 120 valence electrons. The normalized spacial score (nSPS) is 11.4. The fraction of sp³-hybridized carbons (Fsp3) is 0.692. The van der Waals surface area contributed by atoms with Crippen molar-refractivity contribution >= 4 is 23.9 Å². The number of carboxylic acids is 1. The van der Waals surface area contributed by atoms with E-state index in [0.717, 1.165) is 0 Å². The third-order valence-electron chi connectivity index (χ3n) is 2.63. The van der Waals surface area contributed by atoms with Crippen molar-refractivity contribution in [1.29, 1.82) is 0 Å². The zero-order chi connectivity index (χ0) is 16.4. The highest BCUT2D eigenvalue weighted by Crippen LogP contribution is 2.07. The molecule has 0 heterocycles. The van der Waals surface area contributed by atoms with E-state index in [9.17, 15) is 19.2 Å². The molecule has 0 saturated heterocycles. The highest BCUT2D eigenvalue weighted by atomic mass is 16.5. The molecule has 0 aliphatic heterocycles. The first-order valence-corrected chi connectivity index (χ1v) is 6.67. The first-order valence-electron chi connectivity index (χ1n) is 6.67. The minimum Gasteiger partial charge on any atom is -0.481 e. The van der Waals surface area contributed by atoms with Crippen LogP contribution in [0.3, 0.4) is 0 Å². The first kappa shape index (κ1) is 18.9. The van der Waals surface area contributed by atoms with E-state index in [2.05, 4.69) is 10.1 Å². The zero-order valence-corrected chi connectivity index (χ0v) is 12.5. The van der Waals surface area contributed by atoms with Crippen LogP contribution in [0, 0.1) is 5.92 Å². The van der Waals surface area contributed by atoms with Gasteiger partial charge < -0.3 is 14.7 Å². The summed E-state index contributed by atoms with van der Waals surface area (Å²) in [5.41, 5.74) is 0. The van der Waals surface area contributed by atoms with Crippen LogP contribution in [0.2, 0.25) is 0 Å². The summed E-state index contributed by atoms with van der Waals surface area (Å²) in [6, 6.07) is -0.685. The summed E-state index contributed by atoms with van der Waals surface area (Å²) < 4.78 is 4.48. The lowest BCUT2D eigenvalue weighted by Gasteiger charge is -2.21. The summed E-state index contributed by atoms with van der Waals surface area (Å²) in [6.45, 7) is 3.50. The lowest BCUT2D eigenvalue weighted by Crippen LogP contribution is -2.46. The minimum absolute atomic E-state index is 0.0732. The van der Waals surface area contributed by atoms with Crippen LogP contribution < -0.4 is 5.32 Å². The Labute approximate surface area is 123 Å². The minimum atomic E-state index is -1.00. The Hall–Kier alpha value is -2.12. The topological polar surface area (TPSA) is 113 Å². The molecule has 1 unspecified atom stereocenters. The molecule has 0 aliphatic carbocycles. The number of hydrogen-bond donors (Lipinski definition) is 2. The Morgan fingerprint density at radius 3 is 2.33 bits per heavy atom.